The number of rotatable bonds is 4. The minimum atomic E-state index is 0.180. The van der Waals surface area contributed by atoms with Crippen LogP contribution in [-0.4, -0.2) is 9.78 Å². The van der Waals surface area contributed by atoms with Crippen LogP contribution in [0.5, 0.6) is 0 Å². The van der Waals surface area contributed by atoms with Crippen molar-refractivity contribution in [3.63, 3.8) is 0 Å². The highest BCUT2D eigenvalue weighted by atomic mass is 15.3. The molecule has 3 nitrogen and oxygen atoms in total. The van der Waals surface area contributed by atoms with Gasteiger partial charge in [0.15, 0.2) is 0 Å². The topological polar surface area (TPSA) is 43.8 Å². The Bertz CT molecular complexity index is 332. The van der Waals surface area contributed by atoms with Crippen LogP contribution in [0.1, 0.15) is 51.3 Å². The standard InChI is InChI=1S/C13H23N3/c1-3-10-5-6-11(9-10)13(14)12-7-8-15-16(12)4-2/h7-8,10-11,13H,3-6,9,14H2,1-2H3. The van der Waals surface area contributed by atoms with E-state index in [0.717, 1.165) is 12.5 Å². The molecule has 1 saturated carbocycles. The molecule has 0 spiro atoms. The fourth-order valence-corrected chi connectivity index (χ4v) is 2.94. The summed E-state index contributed by atoms with van der Waals surface area (Å²) in [6.07, 6.45) is 7.11. The summed E-state index contributed by atoms with van der Waals surface area (Å²) in [4.78, 5) is 0. The first kappa shape index (κ1) is 11.6. The molecule has 0 aliphatic heterocycles. The first-order valence-corrected chi connectivity index (χ1v) is 6.53. The van der Waals surface area contributed by atoms with Crippen molar-refractivity contribution >= 4 is 0 Å². The highest BCUT2D eigenvalue weighted by molar-refractivity contribution is 5.08. The number of aromatic nitrogens is 2. The molecule has 0 bridgehead atoms. The molecule has 0 aromatic carbocycles. The highest BCUT2D eigenvalue weighted by Crippen LogP contribution is 2.39. The number of hydrogen-bond donors (Lipinski definition) is 1. The van der Waals surface area contributed by atoms with E-state index in [4.69, 9.17) is 5.73 Å². The molecule has 2 rings (SSSR count). The lowest BCUT2D eigenvalue weighted by molar-refractivity contribution is 0.395. The Morgan fingerprint density at radius 2 is 2.31 bits per heavy atom. The molecule has 1 aliphatic rings. The first-order valence-electron chi connectivity index (χ1n) is 6.53. The Morgan fingerprint density at radius 1 is 1.50 bits per heavy atom. The number of aryl methyl sites for hydroxylation is 1. The number of hydrogen-bond acceptors (Lipinski definition) is 2. The number of nitrogens with zero attached hydrogens (tertiary/aromatic N) is 2. The maximum Gasteiger partial charge on any atom is 0.0554 e. The van der Waals surface area contributed by atoms with E-state index in [1.807, 2.05) is 10.9 Å². The highest BCUT2D eigenvalue weighted by Gasteiger charge is 2.30. The normalized spacial score (nSPS) is 27.2. The van der Waals surface area contributed by atoms with Crippen molar-refractivity contribution in [3.05, 3.63) is 18.0 Å². The third-order valence-electron chi connectivity index (χ3n) is 4.06. The molecule has 1 aromatic heterocycles. The van der Waals surface area contributed by atoms with E-state index in [-0.39, 0.29) is 6.04 Å². The molecule has 0 amide bonds. The summed E-state index contributed by atoms with van der Waals surface area (Å²) in [6, 6.07) is 2.26. The quantitative estimate of drug-likeness (QED) is 0.849. The lowest BCUT2D eigenvalue weighted by Gasteiger charge is -2.20. The van der Waals surface area contributed by atoms with Crippen molar-refractivity contribution in [2.24, 2.45) is 17.6 Å². The maximum atomic E-state index is 6.38. The molecule has 1 aliphatic carbocycles. The van der Waals surface area contributed by atoms with Crippen LogP contribution in [0.3, 0.4) is 0 Å². The molecule has 3 unspecified atom stereocenters. The van der Waals surface area contributed by atoms with E-state index in [2.05, 4.69) is 25.0 Å². The second kappa shape index (κ2) is 5.00. The van der Waals surface area contributed by atoms with Gasteiger partial charge in [0.25, 0.3) is 0 Å². The van der Waals surface area contributed by atoms with E-state index in [0.29, 0.717) is 5.92 Å². The summed E-state index contributed by atoms with van der Waals surface area (Å²) >= 11 is 0. The summed E-state index contributed by atoms with van der Waals surface area (Å²) in [5, 5.41) is 4.30. The van der Waals surface area contributed by atoms with Crippen molar-refractivity contribution < 1.29 is 0 Å². The average molecular weight is 221 g/mol. The summed E-state index contributed by atoms with van der Waals surface area (Å²) in [7, 11) is 0. The van der Waals surface area contributed by atoms with Crippen LogP contribution < -0.4 is 5.73 Å². The average Bonchev–Trinajstić information content (AvgIpc) is 2.96. The van der Waals surface area contributed by atoms with Gasteiger partial charge in [-0.3, -0.25) is 4.68 Å². The van der Waals surface area contributed by atoms with Gasteiger partial charge in [-0.1, -0.05) is 19.8 Å². The van der Waals surface area contributed by atoms with Gasteiger partial charge in [-0.2, -0.15) is 5.10 Å². The summed E-state index contributed by atoms with van der Waals surface area (Å²) in [5.74, 6) is 1.56. The molecule has 1 aromatic rings. The zero-order valence-electron chi connectivity index (χ0n) is 10.4. The largest absolute Gasteiger partial charge is 0.322 e. The molecular weight excluding hydrogens is 198 g/mol. The van der Waals surface area contributed by atoms with Gasteiger partial charge in [-0.15, -0.1) is 0 Å². The van der Waals surface area contributed by atoms with E-state index in [1.54, 1.807) is 0 Å². The lowest BCUT2D eigenvalue weighted by Crippen LogP contribution is -2.23. The third-order valence-corrected chi connectivity index (χ3v) is 4.06. The van der Waals surface area contributed by atoms with Gasteiger partial charge in [-0.05, 0) is 37.7 Å². The molecule has 0 saturated heterocycles. The predicted octanol–water partition coefficient (Wildman–Crippen LogP) is 2.73. The van der Waals surface area contributed by atoms with Crippen LogP contribution in [0, 0.1) is 11.8 Å². The van der Waals surface area contributed by atoms with Crippen LogP contribution >= 0.6 is 0 Å². The summed E-state index contributed by atoms with van der Waals surface area (Å²) < 4.78 is 2.03. The van der Waals surface area contributed by atoms with Crippen LogP contribution in [0.2, 0.25) is 0 Å². The minimum Gasteiger partial charge on any atom is -0.322 e. The van der Waals surface area contributed by atoms with Crippen LogP contribution in [0.25, 0.3) is 0 Å². The third kappa shape index (κ3) is 2.14. The number of nitrogens with two attached hydrogens (primary N) is 1. The summed E-state index contributed by atoms with van der Waals surface area (Å²) in [5.41, 5.74) is 7.59. The van der Waals surface area contributed by atoms with E-state index < -0.39 is 0 Å². The van der Waals surface area contributed by atoms with Gasteiger partial charge in [0.05, 0.1) is 5.69 Å². The second-order valence-corrected chi connectivity index (χ2v) is 4.95. The van der Waals surface area contributed by atoms with Crippen LogP contribution in [0.15, 0.2) is 12.3 Å². The molecule has 16 heavy (non-hydrogen) atoms. The lowest BCUT2D eigenvalue weighted by atomic mass is 9.94. The van der Waals surface area contributed by atoms with Crippen molar-refractivity contribution in [1.82, 2.24) is 9.78 Å². The van der Waals surface area contributed by atoms with Gasteiger partial charge in [0.1, 0.15) is 0 Å². The van der Waals surface area contributed by atoms with Gasteiger partial charge < -0.3 is 5.73 Å². The Labute approximate surface area is 98.0 Å². The molecular formula is C13H23N3. The molecule has 3 atom stereocenters. The fourth-order valence-electron chi connectivity index (χ4n) is 2.94. The smallest absolute Gasteiger partial charge is 0.0554 e. The molecule has 90 valence electrons. The zero-order valence-corrected chi connectivity index (χ0v) is 10.4. The van der Waals surface area contributed by atoms with Crippen molar-refractivity contribution in [3.8, 4) is 0 Å². The Balaban J connectivity index is 2.05. The van der Waals surface area contributed by atoms with Crippen molar-refractivity contribution in [2.75, 3.05) is 0 Å². The molecule has 2 N–H and O–H groups in total. The summed E-state index contributed by atoms with van der Waals surface area (Å²) in [6.45, 7) is 5.32. The first-order chi connectivity index (χ1) is 7.76. The Morgan fingerprint density at radius 3 is 2.94 bits per heavy atom. The SMILES string of the molecule is CCC1CCC(C(N)c2ccnn2CC)C1. The zero-order chi connectivity index (χ0) is 11.5. The van der Waals surface area contributed by atoms with Gasteiger partial charge >= 0.3 is 0 Å². The van der Waals surface area contributed by atoms with Gasteiger partial charge in [0, 0.05) is 18.8 Å². The molecule has 0 radical (unpaired) electrons. The Kier molecular flexibility index (Phi) is 3.64. The Hall–Kier alpha value is -0.830. The van der Waals surface area contributed by atoms with Gasteiger partial charge in [0.2, 0.25) is 0 Å². The van der Waals surface area contributed by atoms with E-state index in [9.17, 15) is 0 Å². The fraction of sp³-hybridized carbons (Fsp3) is 0.769. The van der Waals surface area contributed by atoms with E-state index in [1.165, 1.54) is 31.4 Å². The molecule has 1 fully saturated rings. The molecule has 3 heteroatoms. The van der Waals surface area contributed by atoms with Crippen LogP contribution in [-0.2, 0) is 6.54 Å². The van der Waals surface area contributed by atoms with E-state index >= 15 is 0 Å². The van der Waals surface area contributed by atoms with Crippen molar-refractivity contribution in [1.29, 1.82) is 0 Å². The second-order valence-electron chi connectivity index (χ2n) is 4.95. The maximum absolute atomic E-state index is 6.38. The van der Waals surface area contributed by atoms with Gasteiger partial charge in [-0.25, -0.2) is 0 Å². The molecule has 1 heterocycles. The van der Waals surface area contributed by atoms with Crippen LogP contribution in [0.4, 0.5) is 0 Å². The predicted molar refractivity (Wildman–Crippen MR) is 66.0 cm³/mol. The minimum absolute atomic E-state index is 0.180. The monoisotopic (exact) mass is 221 g/mol. The van der Waals surface area contributed by atoms with Crippen molar-refractivity contribution in [2.45, 2.75) is 52.1 Å².